The molecule has 6 nitrogen and oxygen atoms in total. The number of halogens is 4. The minimum Gasteiger partial charge on any atom is -0.466 e. The molecule has 1 aliphatic heterocycles. The third-order valence-electron chi connectivity index (χ3n) is 4.70. The number of carbonyl (C=O) groups excluding carboxylic acids is 1. The smallest absolute Gasteiger partial charge is 0.416 e. The quantitative estimate of drug-likeness (QED) is 0.612. The van der Waals surface area contributed by atoms with E-state index in [-0.39, 0.29) is 22.8 Å². The van der Waals surface area contributed by atoms with Crippen LogP contribution in [0.5, 0.6) is 0 Å². The molecular formula is C20H14ClF3N4O2. The van der Waals surface area contributed by atoms with E-state index in [1.54, 1.807) is 24.3 Å². The number of ether oxygens (including phenoxy) is 1. The predicted octanol–water partition coefficient (Wildman–Crippen LogP) is 4.55. The van der Waals surface area contributed by atoms with Crippen molar-refractivity contribution in [1.29, 1.82) is 0 Å². The van der Waals surface area contributed by atoms with Crippen molar-refractivity contribution in [2.75, 3.05) is 12.4 Å². The monoisotopic (exact) mass is 434 g/mol. The van der Waals surface area contributed by atoms with Crippen molar-refractivity contribution < 1.29 is 22.7 Å². The number of esters is 1. The van der Waals surface area contributed by atoms with Gasteiger partial charge in [0.2, 0.25) is 5.95 Å². The lowest BCUT2D eigenvalue weighted by atomic mass is 9.90. The van der Waals surface area contributed by atoms with Crippen molar-refractivity contribution >= 4 is 29.2 Å². The Morgan fingerprint density at radius 2 is 1.87 bits per heavy atom. The Kier molecular flexibility index (Phi) is 4.98. The Bertz CT molecular complexity index is 1140. The lowest BCUT2D eigenvalue weighted by molar-refractivity contribution is -0.139. The summed E-state index contributed by atoms with van der Waals surface area (Å²) in [6.45, 7) is 0. The molecule has 0 saturated carbocycles. The van der Waals surface area contributed by atoms with Crippen LogP contribution in [0.25, 0.3) is 5.70 Å². The molecule has 30 heavy (non-hydrogen) atoms. The van der Waals surface area contributed by atoms with Gasteiger partial charge in [-0.25, -0.2) is 9.48 Å². The molecule has 0 unspecified atom stereocenters. The average molecular weight is 435 g/mol. The molecule has 10 heteroatoms. The minimum absolute atomic E-state index is 0.0328. The van der Waals surface area contributed by atoms with E-state index in [0.29, 0.717) is 10.6 Å². The van der Waals surface area contributed by atoms with Crippen LogP contribution in [0.4, 0.5) is 19.1 Å². The summed E-state index contributed by atoms with van der Waals surface area (Å²) in [5.74, 6) is -0.606. The minimum atomic E-state index is -4.64. The van der Waals surface area contributed by atoms with E-state index in [9.17, 15) is 18.0 Å². The lowest BCUT2D eigenvalue weighted by Crippen LogP contribution is -2.31. The molecule has 1 atom stereocenters. The van der Waals surface area contributed by atoms with E-state index in [2.05, 4.69) is 15.4 Å². The fourth-order valence-corrected chi connectivity index (χ4v) is 3.54. The number of anilines is 1. The van der Waals surface area contributed by atoms with Gasteiger partial charge in [-0.2, -0.15) is 23.3 Å². The van der Waals surface area contributed by atoms with Crippen molar-refractivity contribution in [3.8, 4) is 0 Å². The number of aromatic nitrogens is 3. The number of methoxy groups -OCH3 is 1. The molecule has 2 heterocycles. The molecule has 0 radical (unpaired) electrons. The van der Waals surface area contributed by atoms with Crippen LogP contribution >= 0.6 is 11.6 Å². The molecule has 0 saturated heterocycles. The van der Waals surface area contributed by atoms with Gasteiger partial charge in [0.25, 0.3) is 0 Å². The second-order valence-corrected chi connectivity index (χ2v) is 6.86. The van der Waals surface area contributed by atoms with Gasteiger partial charge in [0.1, 0.15) is 12.4 Å². The van der Waals surface area contributed by atoms with Crippen molar-refractivity contribution in [2.24, 2.45) is 0 Å². The van der Waals surface area contributed by atoms with Crippen molar-refractivity contribution in [3.63, 3.8) is 0 Å². The Balaban J connectivity index is 2.02. The van der Waals surface area contributed by atoms with E-state index in [0.717, 1.165) is 6.07 Å². The van der Waals surface area contributed by atoms with Gasteiger partial charge in [0.05, 0.1) is 23.9 Å². The molecule has 154 valence electrons. The Labute approximate surface area is 173 Å². The maximum Gasteiger partial charge on any atom is 0.416 e. The number of carbonyl (C=O) groups is 1. The first-order chi connectivity index (χ1) is 14.3. The fourth-order valence-electron chi connectivity index (χ4n) is 3.42. The highest BCUT2D eigenvalue weighted by Gasteiger charge is 2.41. The molecular weight excluding hydrogens is 421 g/mol. The van der Waals surface area contributed by atoms with Crippen LogP contribution in [0.1, 0.15) is 22.7 Å². The van der Waals surface area contributed by atoms with Crippen LogP contribution in [0.15, 0.2) is 60.4 Å². The molecule has 0 fully saturated rings. The van der Waals surface area contributed by atoms with Gasteiger partial charge in [0, 0.05) is 5.02 Å². The predicted molar refractivity (Wildman–Crippen MR) is 104 cm³/mol. The number of hydrogen-bond donors (Lipinski definition) is 1. The van der Waals surface area contributed by atoms with Crippen molar-refractivity contribution in [1.82, 2.24) is 14.8 Å². The van der Waals surface area contributed by atoms with E-state index in [4.69, 9.17) is 16.3 Å². The second kappa shape index (κ2) is 7.49. The van der Waals surface area contributed by atoms with Gasteiger partial charge >= 0.3 is 12.1 Å². The van der Waals surface area contributed by atoms with Crippen molar-refractivity contribution in [3.05, 3.63) is 82.1 Å². The fraction of sp³-hybridized carbons (Fsp3) is 0.150. The number of nitrogens with one attached hydrogen (secondary N) is 1. The number of alkyl halides is 3. The highest BCUT2D eigenvalue weighted by atomic mass is 35.5. The summed E-state index contributed by atoms with van der Waals surface area (Å²) in [4.78, 5) is 16.9. The number of hydrogen-bond acceptors (Lipinski definition) is 5. The first-order valence-electron chi connectivity index (χ1n) is 8.72. The van der Waals surface area contributed by atoms with E-state index in [1.165, 1.54) is 36.3 Å². The third-order valence-corrected chi connectivity index (χ3v) is 4.95. The molecule has 3 aromatic rings. The molecule has 0 aliphatic carbocycles. The molecule has 1 aromatic heterocycles. The number of rotatable bonds is 3. The van der Waals surface area contributed by atoms with Crippen LogP contribution in [-0.2, 0) is 15.7 Å². The Morgan fingerprint density at radius 1 is 1.17 bits per heavy atom. The summed E-state index contributed by atoms with van der Waals surface area (Å²) in [5, 5.41) is 7.51. The molecule has 1 N–H and O–H groups in total. The summed E-state index contributed by atoms with van der Waals surface area (Å²) in [5.41, 5.74) is -0.264. The summed E-state index contributed by atoms with van der Waals surface area (Å²) < 4.78 is 47.5. The molecule has 4 rings (SSSR count). The van der Waals surface area contributed by atoms with E-state index >= 15 is 0 Å². The summed E-state index contributed by atoms with van der Waals surface area (Å²) >= 11 is 5.96. The first kappa shape index (κ1) is 20.0. The molecule has 2 aromatic carbocycles. The van der Waals surface area contributed by atoms with Crippen LogP contribution in [-0.4, -0.2) is 27.8 Å². The zero-order chi connectivity index (χ0) is 21.5. The maximum atomic E-state index is 13.8. The van der Waals surface area contributed by atoms with Crippen molar-refractivity contribution in [2.45, 2.75) is 12.2 Å². The highest BCUT2D eigenvalue weighted by Crippen LogP contribution is 2.43. The third kappa shape index (κ3) is 3.41. The van der Waals surface area contributed by atoms with Gasteiger partial charge in [0.15, 0.2) is 0 Å². The highest BCUT2D eigenvalue weighted by molar-refractivity contribution is 6.30. The normalized spacial score (nSPS) is 16.1. The Morgan fingerprint density at radius 3 is 2.53 bits per heavy atom. The topological polar surface area (TPSA) is 69.0 Å². The summed E-state index contributed by atoms with van der Waals surface area (Å²) in [7, 11) is 1.17. The van der Waals surface area contributed by atoms with Gasteiger partial charge in [-0.1, -0.05) is 41.9 Å². The SMILES string of the molecule is COC(=O)C1=C(c2ccc(Cl)cc2)Nc2ncnn2[C@H]1c1ccccc1C(F)(F)F. The van der Waals surface area contributed by atoms with Crippen LogP contribution in [0.2, 0.25) is 5.02 Å². The second-order valence-electron chi connectivity index (χ2n) is 6.43. The Hall–Kier alpha value is -3.33. The zero-order valence-corrected chi connectivity index (χ0v) is 16.2. The standard InChI is InChI=1S/C20H14ClF3N4O2/c1-30-18(29)15-16(11-6-8-12(21)9-7-11)27-19-25-10-26-28(19)17(15)13-4-2-3-5-14(13)20(22,23)24/h2-10,17H,1H3,(H,25,26,27)/t17-/m0/s1. The number of benzene rings is 2. The number of fused-ring (bicyclic) bond motifs is 1. The van der Waals surface area contributed by atoms with E-state index in [1.807, 2.05) is 0 Å². The summed E-state index contributed by atoms with van der Waals surface area (Å²) in [6, 6.07) is 10.3. The summed E-state index contributed by atoms with van der Waals surface area (Å²) in [6.07, 6.45) is -3.44. The maximum absolute atomic E-state index is 13.8. The zero-order valence-electron chi connectivity index (χ0n) is 15.4. The van der Waals surface area contributed by atoms with Gasteiger partial charge in [-0.3, -0.25) is 0 Å². The molecule has 1 aliphatic rings. The average Bonchev–Trinajstić information content (AvgIpc) is 3.20. The molecule has 0 spiro atoms. The molecule has 0 amide bonds. The van der Waals surface area contributed by atoms with Crippen LogP contribution < -0.4 is 5.32 Å². The van der Waals surface area contributed by atoms with E-state index < -0.39 is 23.8 Å². The van der Waals surface area contributed by atoms with Gasteiger partial charge < -0.3 is 10.1 Å². The largest absolute Gasteiger partial charge is 0.466 e. The lowest BCUT2D eigenvalue weighted by Gasteiger charge is -2.30. The first-order valence-corrected chi connectivity index (χ1v) is 9.10. The molecule has 0 bridgehead atoms. The number of nitrogens with zero attached hydrogens (tertiary/aromatic N) is 3. The van der Waals surface area contributed by atoms with Crippen LogP contribution in [0.3, 0.4) is 0 Å². The van der Waals surface area contributed by atoms with Gasteiger partial charge in [-0.05, 0) is 29.3 Å². The van der Waals surface area contributed by atoms with Gasteiger partial charge in [-0.15, -0.1) is 0 Å². The van der Waals surface area contributed by atoms with Crippen LogP contribution in [0, 0.1) is 0 Å².